The first-order valence-corrected chi connectivity index (χ1v) is 8.50. The maximum Gasteiger partial charge on any atom is 0.114 e. The van der Waals surface area contributed by atoms with Crippen molar-refractivity contribution in [2.75, 3.05) is 6.54 Å². The van der Waals surface area contributed by atoms with Crippen LogP contribution in [-0.4, -0.2) is 23.5 Å². The highest BCUT2D eigenvalue weighted by molar-refractivity contribution is 6.06. The van der Waals surface area contributed by atoms with Gasteiger partial charge in [-0.2, -0.15) is 0 Å². The van der Waals surface area contributed by atoms with Gasteiger partial charge in [0.15, 0.2) is 0 Å². The first-order chi connectivity index (χ1) is 9.88. The van der Waals surface area contributed by atoms with E-state index in [9.17, 15) is 5.11 Å². The van der Waals surface area contributed by atoms with Crippen molar-refractivity contribution in [3.05, 3.63) is 23.3 Å². The van der Waals surface area contributed by atoms with Crippen molar-refractivity contribution in [2.24, 2.45) is 10.4 Å². The molecule has 1 rings (SSSR count). The van der Waals surface area contributed by atoms with Gasteiger partial charge in [-0.3, -0.25) is 4.99 Å². The minimum atomic E-state index is -0.531. The van der Waals surface area contributed by atoms with Gasteiger partial charge in [-0.1, -0.05) is 65.9 Å². The molecule has 1 N–H and O–H groups in total. The number of aliphatic imine (C=N–C) groups is 1. The van der Waals surface area contributed by atoms with Crippen LogP contribution >= 0.6 is 0 Å². The second-order valence-corrected chi connectivity index (χ2v) is 7.13. The van der Waals surface area contributed by atoms with Gasteiger partial charge in [0.2, 0.25) is 0 Å². The molecule has 0 aromatic rings. The zero-order valence-electron chi connectivity index (χ0n) is 14.6. The minimum absolute atomic E-state index is 0.0989. The van der Waals surface area contributed by atoms with E-state index in [1.165, 1.54) is 37.7 Å². The van der Waals surface area contributed by atoms with Crippen LogP contribution < -0.4 is 0 Å². The third-order valence-electron chi connectivity index (χ3n) is 4.12. The van der Waals surface area contributed by atoms with Crippen molar-refractivity contribution in [1.82, 2.24) is 0 Å². The summed E-state index contributed by atoms with van der Waals surface area (Å²) in [5.74, 6) is 0. The molecule has 2 nitrogen and oxygen atoms in total. The third-order valence-corrected chi connectivity index (χ3v) is 4.12. The van der Waals surface area contributed by atoms with E-state index < -0.39 is 6.10 Å². The first kappa shape index (κ1) is 18.2. The lowest BCUT2D eigenvalue weighted by Gasteiger charge is -2.28. The van der Waals surface area contributed by atoms with Crippen LogP contribution in [0.4, 0.5) is 0 Å². The smallest absolute Gasteiger partial charge is 0.114 e. The summed E-state index contributed by atoms with van der Waals surface area (Å²) in [6.07, 6.45) is 11.1. The van der Waals surface area contributed by atoms with Crippen molar-refractivity contribution in [3.8, 4) is 0 Å². The summed E-state index contributed by atoms with van der Waals surface area (Å²) in [7, 11) is 0. The lowest BCUT2D eigenvalue weighted by molar-refractivity contribution is 0.287. The van der Waals surface area contributed by atoms with Gasteiger partial charge in [0.1, 0.15) is 6.10 Å². The summed E-state index contributed by atoms with van der Waals surface area (Å²) < 4.78 is 0. The molecule has 21 heavy (non-hydrogen) atoms. The molecule has 120 valence electrons. The first-order valence-electron chi connectivity index (χ1n) is 8.50. The monoisotopic (exact) mass is 291 g/mol. The largest absolute Gasteiger partial charge is 0.383 e. The SMILES string of the molecule is CCCCCCCCN=C1C(C)=C(C(C)(C)C)C=CC1O. The number of aliphatic hydroxyl groups excluding tert-OH is 1. The molecule has 1 aliphatic carbocycles. The van der Waals surface area contributed by atoms with E-state index >= 15 is 0 Å². The maximum absolute atomic E-state index is 10.1. The number of aliphatic hydroxyl groups is 1. The predicted molar refractivity (Wildman–Crippen MR) is 93.0 cm³/mol. The maximum atomic E-state index is 10.1. The molecule has 0 fully saturated rings. The fourth-order valence-electron chi connectivity index (χ4n) is 2.88. The Hall–Kier alpha value is -0.890. The normalized spacial score (nSPS) is 21.4. The Labute approximate surface area is 131 Å². The van der Waals surface area contributed by atoms with Crippen molar-refractivity contribution in [1.29, 1.82) is 0 Å². The molecule has 0 heterocycles. The van der Waals surface area contributed by atoms with Gasteiger partial charge in [0.25, 0.3) is 0 Å². The van der Waals surface area contributed by atoms with E-state index in [4.69, 9.17) is 0 Å². The van der Waals surface area contributed by atoms with E-state index in [1.54, 1.807) is 0 Å². The fraction of sp³-hybridized carbons (Fsp3) is 0.737. The van der Waals surface area contributed by atoms with Crippen LogP contribution in [0, 0.1) is 5.41 Å². The Balaban J connectivity index is 2.57. The molecule has 1 unspecified atom stereocenters. The van der Waals surface area contributed by atoms with Crippen LogP contribution in [0.5, 0.6) is 0 Å². The molecular weight excluding hydrogens is 258 g/mol. The summed E-state index contributed by atoms with van der Waals surface area (Å²) in [5, 5.41) is 10.1. The standard InChI is InChI=1S/C19H33NO/c1-6-7-8-9-10-11-14-20-18-15(2)16(19(3,4)5)12-13-17(18)21/h12-13,17,21H,6-11,14H2,1-5H3. The summed E-state index contributed by atoms with van der Waals surface area (Å²) in [6.45, 7) is 11.8. The molecule has 1 aliphatic rings. The topological polar surface area (TPSA) is 32.6 Å². The average Bonchev–Trinajstić information content (AvgIpc) is 2.39. The van der Waals surface area contributed by atoms with Crippen LogP contribution in [0.3, 0.4) is 0 Å². The molecule has 0 aliphatic heterocycles. The van der Waals surface area contributed by atoms with E-state index in [0.717, 1.165) is 24.3 Å². The molecule has 0 spiro atoms. The summed E-state index contributed by atoms with van der Waals surface area (Å²) in [5.41, 5.74) is 3.41. The zero-order valence-corrected chi connectivity index (χ0v) is 14.6. The second kappa shape index (κ2) is 8.53. The number of hydrogen-bond donors (Lipinski definition) is 1. The Morgan fingerprint density at radius 3 is 2.33 bits per heavy atom. The molecule has 2 heteroatoms. The molecule has 0 saturated carbocycles. The number of nitrogens with zero attached hydrogens (tertiary/aromatic N) is 1. The number of unbranched alkanes of at least 4 members (excludes halogenated alkanes) is 5. The van der Waals surface area contributed by atoms with Crippen molar-refractivity contribution < 1.29 is 5.11 Å². The van der Waals surface area contributed by atoms with Crippen LogP contribution in [0.15, 0.2) is 28.3 Å². The van der Waals surface area contributed by atoms with Gasteiger partial charge in [-0.05, 0) is 36.0 Å². The van der Waals surface area contributed by atoms with Crippen molar-refractivity contribution in [2.45, 2.75) is 79.2 Å². The van der Waals surface area contributed by atoms with Gasteiger partial charge in [-0.25, -0.2) is 0 Å². The highest BCUT2D eigenvalue weighted by Gasteiger charge is 2.25. The Bertz CT molecular complexity index is 410. The Morgan fingerprint density at radius 1 is 1.10 bits per heavy atom. The van der Waals surface area contributed by atoms with Crippen LogP contribution in [-0.2, 0) is 0 Å². The van der Waals surface area contributed by atoms with Crippen LogP contribution in [0.25, 0.3) is 0 Å². The van der Waals surface area contributed by atoms with E-state index in [0.29, 0.717) is 0 Å². The summed E-state index contributed by atoms with van der Waals surface area (Å²) in [6, 6.07) is 0. The third kappa shape index (κ3) is 5.78. The highest BCUT2D eigenvalue weighted by atomic mass is 16.3. The van der Waals surface area contributed by atoms with E-state index in [-0.39, 0.29) is 5.41 Å². The van der Waals surface area contributed by atoms with Gasteiger partial charge in [0, 0.05) is 6.54 Å². The van der Waals surface area contributed by atoms with Crippen LogP contribution in [0.2, 0.25) is 0 Å². The summed E-state index contributed by atoms with van der Waals surface area (Å²) >= 11 is 0. The van der Waals surface area contributed by atoms with Crippen molar-refractivity contribution >= 4 is 5.71 Å². The molecule has 0 aromatic heterocycles. The lowest BCUT2D eigenvalue weighted by atomic mass is 9.79. The minimum Gasteiger partial charge on any atom is -0.383 e. The van der Waals surface area contributed by atoms with Gasteiger partial charge in [-0.15, -0.1) is 0 Å². The Kier molecular flexibility index (Phi) is 7.37. The highest BCUT2D eigenvalue weighted by Crippen LogP contribution is 2.32. The van der Waals surface area contributed by atoms with E-state index in [2.05, 4.69) is 45.7 Å². The summed E-state index contributed by atoms with van der Waals surface area (Å²) in [4.78, 5) is 4.68. The molecule has 0 aromatic carbocycles. The van der Waals surface area contributed by atoms with Crippen LogP contribution in [0.1, 0.15) is 73.1 Å². The quantitative estimate of drug-likeness (QED) is 0.652. The second-order valence-electron chi connectivity index (χ2n) is 7.13. The van der Waals surface area contributed by atoms with Gasteiger partial charge < -0.3 is 5.11 Å². The number of hydrogen-bond acceptors (Lipinski definition) is 2. The number of rotatable bonds is 7. The molecule has 0 bridgehead atoms. The van der Waals surface area contributed by atoms with Gasteiger partial charge >= 0.3 is 0 Å². The van der Waals surface area contributed by atoms with Crippen molar-refractivity contribution in [3.63, 3.8) is 0 Å². The van der Waals surface area contributed by atoms with E-state index in [1.807, 2.05) is 6.08 Å². The predicted octanol–water partition coefficient (Wildman–Crippen LogP) is 5.08. The molecular formula is C19H33NO. The molecule has 0 radical (unpaired) electrons. The zero-order chi connectivity index (χ0) is 15.9. The number of allylic oxidation sites excluding steroid dienone is 2. The van der Waals surface area contributed by atoms with Gasteiger partial charge in [0.05, 0.1) is 5.71 Å². The molecule has 0 saturated heterocycles. The Morgan fingerprint density at radius 2 is 1.71 bits per heavy atom. The molecule has 1 atom stereocenters. The molecule has 0 amide bonds. The lowest BCUT2D eigenvalue weighted by Crippen LogP contribution is -2.27. The average molecular weight is 291 g/mol. The fourth-order valence-corrected chi connectivity index (χ4v) is 2.88.